The van der Waals surface area contributed by atoms with E-state index in [1.54, 1.807) is 7.11 Å². The average Bonchev–Trinajstić information content (AvgIpc) is 2.59. The van der Waals surface area contributed by atoms with Gasteiger partial charge in [-0.25, -0.2) is 0 Å². The van der Waals surface area contributed by atoms with Gasteiger partial charge in [0.25, 0.3) is 5.91 Å². The zero-order valence-electron chi connectivity index (χ0n) is 14.6. The molecule has 1 heterocycles. The standard InChI is InChI=1S/C20H25NO3/c1-14-5-4-6-15(2)21(14)20(22)13-24-19-10-8-16-7-9-18(23-3)11-17(16)12-19/h7-12,14-15H,4-6,13H2,1-3H3. The molecule has 0 saturated carbocycles. The summed E-state index contributed by atoms with van der Waals surface area (Å²) in [5.41, 5.74) is 0. The topological polar surface area (TPSA) is 38.8 Å². The second-order valence-electron chi connectivity index (χ2n) is 6.59. The maximum absolute atomic E-state index is 12.5. The summed E-state index contributed by atoms with van der Waals surface area (Å²) in [5.74, 6) is 1.59. The van der Waals surface area contributed by atoms with Crippen molar-refractivity contribution in [2.75, 3.05) is 13.7 Å². The summed E-state index contributed by atoms with van der Waals surface area (Å²) >= 11 is 0. The molecule has 4 heteroatoms. The first-order valence-electron chi connectivity index (χ1n) is 8.60. The van der Waals surface area contributed by atoms with Gasteiger partial charge in [0.2, 0.25) is 0 Å². The normalized spacial score (nSPS) is 20.9. The smallest absolute Gasteiger partial charge is 0.260 e. The van der Waals surface area contributed by atoms with Crippen molar-refractivity contribution in [3.63, 3.8) is 0 Å². The van der Waals surface area contributed by atoms with Crippen molar-refractivity contribution in [1.29, 1.82) is 0 Å². The van der Waals surface area contributed by atoms with Crippen LogP contribution >= 0.6 is 0 Å². The Morgan fingerprint density at radius 3 is 2.33 bits per heavy atom. The lowest BCUT2D eigenvalue weighted by atomic mass is 9.97. The van der Waals surface area contributed by atoms with Crippen LogP contribution in [0.3, 0.4) is 0 Å². The lowest BCUT2D eigenvalue weighted by molar-refractivity contribution is -0.139. The molecular formula is C20H25NO3. The summed E-state index contributed by atoms with van der Waals surface area (Å²) < 4.78 is 11.0. The van der Waals surface area contributed by atoms with E-state index in [1.165, 1.54) is 6.42 Å². The first-order chi connectivity index (χ1) is 11.6. The Hall–Kier alpha value is -2.23. The second kappa shape index (κ2) is 7.12. The third kappa shape index (κ3) is 3.48. The first kappa shape index (κ1) is 16.6. The first-order valence-corrected chi connectivity index (χ1v) is 8.60. The van der Waals surface area contributed by atoms with Crippen molar-refractivity contribution in [1.82, 2.24) is 4.90 Å². The number of fused-ring (bicyclic) bond motifs is 1. The van der Waals surface area contributed by atoms with E-state index in [1.807, 2.05) is 41.3 Å². The highest BCUT2D eigenvalue weighted by Crippen LogP contribution is 2.26. The molecule has 2 unspecified atom stereocenters. The summed E-state index contributed by atoms with van der Waals surface area (Å²) in [6.45, 7) is 4.33. The van der Waals surface area contributed by atoms with Crippen molar-refractivity contribution in [3.8, 4) is 11.5 Å². The lowest BCUT2D eigenvalue weighted by Crippen LogP contribution is -2.49. The van der Waals surface area contributed by atoms with Crippen LogP contribution in [0.15, 0.2) is 36.4 Å². The molecule has 0 aromatic heterocycles. The van der Waals surface area contributed by atoms with E-state index in [-0.39, 0.29) is 12.5 Å². The van der Waals surface area contributed by atoms with Gasteiger partial charge in [-0.15, -0.1) is 0 Å². The van der Waals surface area contributed by atoms with E-state index < -0.39 is 0 Å². The van der Waals surface area contributed by atoms with Gasteiger partial charge >= 0.3 is 0 Å². The molecule has 1 saturated heterocycles. The molecule has 4 nitrogen and oxygen atoms in total. The van der Waals surface area contributed by atoms with Crippen molar-refractivity contribution in [2.24, 2.45) is 0 Å². The Labute approximate surface area is 143 Å². The van der Waals surface area contributed by atoms with Crippen molar-refractivity contribution in [3.05, 3.63) is 36.4 Å². The van der Waals surface area contributed by atoms with Gasteiger partial charge < -0.3 is 14.4 Å². The molecule has 0 bridgehead atoms. The molecule has 1 fully saturated rings. The predicted molar refractivity (Wildman–Crippen MR) is 95.6 cm³/mol. The minimum Gasteiger partial charge on any atom is -0.497 e. The zero-order chi connectivity index (χ0) is 17.1. The fraction of sp³-hybridized carbons (Fsp3) is 0.450. The fourth-order valence-corrected chi connectivity index (χ4v) is 3.55. The van der Waals surface area contributed by atoms with Crippen LogP contribution in [0.1, 0.15) is 33.1 Å². The number of piperidine rings is 1. The van der Waals surface area contributed by atoms with Crippen LogP contribution < -0.4 is 9.47 Å². The Morgan fingerprint density at radius 2 is 1.67 bits per heavy atom. The largest absolute Gasteiger partial charge is 0.497 e. The van der Waals surface area contributed by atoms with Gasteiger partial charge in [0, 0.05) is 12.1 Å². The highest BCUT2D eigenvalue weighted by Gasteiger charge is 2.28. The van der Waals surface area contributed by atoms with Crippen molar-refractivity contribution < 1.29 is 14.3 Å². The number of carbonyl (C=O) groups excluding carboxylic acids is 1. The number of likely N-dealkylation sites (tertiary alicyclic amines) is 1. The van der Waals surface area contributed by atoms with Crippen LogP contribution in [0.2, 0.25) is 0 Å². The summed E-state index contributed by atoms with van der Waals surface area (Å²) in [4.78, 5) is 14.5. The van der Waals surface area contributed by atoms with Gasteiger partial charge in [0.05, 0.1) is 7.11 Å². The fourth-order valence-electron chi connectivity index (χ4n) is 3.55. The number of carbonyl (C=O) groups is 1. The summed E-state index contributed by atoms with van der Waals surface area (Å²) in [5, 5.41) is 2.16. The number of amides is 1. The van der Waals surface area contributed by atoms with Crippen LogP contribution in [0.25, 0.3) is 10.8 Å². The molecule has 2 atom stereocenters. The van der Waals surface area contributed by atoms with E-state index in [4.69, 9.17) is 9.47 Å². The Bertz CT molecular complexity index is 718. The van der Waals surface area contributed by atoms with Crippen LogP contribution in [0, 0.1) is 0 Å². The number of nitrogens with zero attached hydrogens (tertiary/aromatic N) is 1. The van der Waals surface area contributed by atoms with E-state index >= 15 is 0 Å². The molecule has 0 N–H and O–H groups in total. The number of benzene rings is 2. The third-order valence-electron chi connectivity index (χ3n) is 4.86. The summed E-state index contributed by atoms with van der Waals surface area (Å²) in [6.07, 6.45) is 3.34. The van der Waals surface area contributed by atoms with Gasteiger partial charge in [0.15, 0.2) is 6.61 Å². The van der Waals surface area contributed by atoms with Gasteiger partial charge in [-0.2, -0.15) is 0 Å². The molecule has 1 amide bonds. The predicted octanol–water partition coefficient (Wildman–Crippen LogP) is 4.02. The molecule has 24 heavy (non-hydrogen) atoms. The Kier molecular flexibility index (Phi) is 4.93. The molecule has 1 aliphatic heterocycles. The maximum Gasteiger partial charge on any atom is 0.260 e. The van der Waals surface area contributed by atoms with E-state index in [0.717, 1.165) is 29.4 Å². The Balaban J connectivity index is 1.69. The monoisotopic (exact) mass is 327 g/mol. The number of methoxy groups -OCH3 is 1. The van der Waals surface area contributed by atoms with Gasteiger partial charge in [0.1, 0.15) is 11.5 Å². The number of rotatable bonds is 4. The number of ether oxygens (including phenoxy) is 2. The molecule has 2 aromatic carbocycles. The minimum atomic E-state index is 0.0699. The molecular weight excluding hydrogens is 302 g/mol. The van der Waals surface area contributed by atoms with Crippen LogP contribution in [0.5, 0.6) is 11.5 Å². The molecule has 0 aliphatic carbocycles. The molecule has 128 valence electrons. The molecule has 0 spiro atoms. The Morgan fingerprint density at radius 1 is 1.04 bits per heavy atom. The average molecular weight is 327 g/mol. The summed E-state index contributed by atoms with van der Waals surface area (Å²) in [6, 6.07) is 12.4. The number of hydrogen-bond donors (Lipinski definition) is 0. The van der Waals surface area contributed by atoms with Gasteiger partial charge in [-0.3, -0.25) is 4.79 Å². The van der Waals surface area contributed by atoms with E-state index in [0.29, 0.717) is 17.8 Å². The third-order valence-corrected chi connectivity index (χ3v) is 4.86. The minimum absolute atomic E-state index is 0.0699. The molecule has 1 aliphatic rings. The quantitative estimate of drug-likeness (QED) is 0.851. The number of hydrogen-bond acceptors (Lipinski definition) is 3. The maximum atomic E-state index is 12.5. The van der Waals surface area contributed by atoms with Gasteiger partial charge in [-0.1, -0.05) is 12.1 Å². The molecule has 3 rings (SSSR count). The zero-order valence-corrected chi connectivity index (χ0v) is 14.6. The molecule has 0 radical (unpaired) electrons. The van der Waals surface area contributed by atoms with Crippen molar-refractivity contribution >= 4 is 16.7 Å². The SMILES string of the molecule is COc1ccc2ccc(OCC(=O)N3C(C)CCCC3C)cc2c1. The van der Waals surface area contributed by atoms with E-state index in [2.05, 4.69) is 13.8 Å². The van der Waals surface area contributed by atoms with Gasteiger partial charge in [-0.05, 0) is 68.1 Å². The van der Waals surface area contributed by atoms with E-state index in [9.17, 15) is 4.79 Å². The van der Waals surface area contributed by atoms with Crippen LogP contribution in [-0.4, -0.2) is 36.6 Å². The summed E-state index contributed by atoms with van der Waals surface area (Å²) in [7, 11) is 1.65. The highest BCUT2D eigenvalue weighted by molar-refractivity contribution is 5.85. The second-order valence-corrected chi connectivity index (χ2v) is 6.59. The van der Waals surface area contributed by atoms with Crippen LogP contribution in [-0.2, 0) is 4.79 Å². The van der Waals surface area contributed by atoms with Crippen LogP contribution in [0.4, 0.5) is 0 Å². The highest BCUT2D eigenvalue weighted by atomic mass is 16.5. The van der Waals surface area contributed by atoms with Crippen molar-refractivity contribution in [2.45, 2.75) is 45.2 Å². The lowest BCUT2D eigenvalue weighted by Gasteiger charge is -2.38. The molecule has 2 aromatic rings.